The van der Waals surface area contributed by atoms with Crippen LogP contribution in [-0.4, -0.2) is 25.0 Å². The molecule has 8 nitrogen and oxygen atoms in total. The van der Waals surface area contributed by atoms with Gasteiger partial charge in [0.2, 0.25) is 6.79 Å². The molecular weight excluding hydrogens is 419 g/mol. The summed E-state index contributed by atoms with van der Waals surface area (Å²) in [6.45, 7) is 5.91. The first-order valence-electron chi connectivity index (χ1n) is 10.1. The van der Waals surface area contributed by atoms with Crippen LogP contribution < -0.4 is 20.3 Å². The van der Waals surface area contributed by atoms with Gasteiger partial charge in [-0.2, -0.15) is 0 Å². The lowest BCUT2D eigenvalue weighted by Gasteiger charge is -2.28. The van der Waals surface area contributed by atoms with E-state index in [2.05, 4.69) is 10.3 Å². The van der Waals surface area contributed by atoms with Crippen LogP contribution in [0, 0.1) is 6.92 Å². The van der Waals surface area contributed by atoms with Crippen molar-refractivity contribution in [2.24, 2.45) is 0 Å². The van der Waals surface area contributed by atoms with Crippen molar-refractivity contribution in [1.82, 2.24) is 4.98 Å². The topological polar surface area (TPSA) is 98.9 Å². The van der Waals surface area contributed by atoms with E-state index in [1.807, 2.05) is 31.2 Å². The van der Waals surface area contributed by atoms with Crippen LogP contribution in [0.2, 0.25) is 0 Å². The molecule has 164 valence electrons. The lowest BCUT2D eigenvalue weighted by molar-refractivity contribution is 0.174. The fraction of sp³-hybridized carbons (Fsp3) is 0.318. The maximum absolute atomic E-state index is 13.8. The zero-order valence-electron chi connectivity index (χ0n) is 17.6. The molecule has 0 saturated carbocycles. The summed E-state index contributed by atoms with van der Waals surface area (Å²) in [5.41, 5.74) is 2.17. The number of fused-ring (bicyclic) bond motifs is 2. The van der Waals surface area contributed by atoms with Crippen molar-refractivity contribution in [1.29, 1.82) is 0 Å². The van der Waals surface area contributed by atoms with Crippen molar-refractivity contribution >= 4 is 24.2 Å². The number of rotatable bonds is 8. The molecule has 1 aromatic heterocycles. The minimum atomic E-state index is -3.74. The Morgan fingerprint density at radius 2 is 1.81 bits per heavy atom. The number of aromatic amines is 1. The average molecular weight is 444 g/mol. The van der Waals surface area contributed by atoms with Gasteiger partial charge in [0.1, 0.15) is 0 Å². The van der Waals surface area contributed by atoms with Crippen LogP contribution >= 0.6 is 7.60 Å². The number of aryl methyl sites for hydroxylation is 1. The zero-order chi connectivity index (χ0) is 22.0. The normalized spacial score (nSPS) is 14.0. The van der Waals surface area contributed by atoms with Gasteiger partial charge in [-0.1, -0.05) is 12.1 Å². The molecule has 1 aliphatic rings. The predicted molar refractivity (Wildman–Crippen MR) is 119 cm³/mol. The molecule has 31 heavy (non-hydrogen) atoms. The third-order valence-electron chi connectivity index (χ3n) is 4.92. The quantitative estimate of drug-likeness (QED) is 0.475. The molecule has 0 bridgehead atoms. The highest BCUT2D eigenvalue weighted by Crippen LogP contribution is 2.60. The van der Waals surface area contributed by atoms with E-state index < -0.39 is 18.9 Å². The molecule has 2 N–H and O–H groups in total. The maximum Gasteiger partial charge on any atom is 0.357 e. The minimum Gasteiger partial charge on any atom is -0.454 e. The van der Waals surface area contributed by atoms with Gasteiger partial charge in [0.05, 0.1) is 24.3 Å². The zero-order valence-corrected chi connectivity index (χ0v) is 18.5. The number of benzene rings is 2. The van der Waals surface area contributed by atoms with E-state index in [4.69, 9.17) is 18.5 Å². The van der Waals surface area contributed by atoms with Crippen molar-refractivity contribution in [2.45, 2.75) is 26.6 Å². The van der Waals surface area contributed by atoms with Crippen LogP contribution in [0.15, 0.2) is 47.3 Å². The second-order valence-corrected chi connectivity index (χ2v) is 9.25. The van der Waals surface area contributed by atoms with Crippen molar-refractivity contribution in [3.63, 3.8) is 0 Å². The van der Waals surface area contributed by atoms with Crippen LogP contribution in [-0.2, 0) is 13.6 Å². The summed E-state index contributed by atoms with van der Waals surface area (Å²) in [6.07, 6.45) is 0. The predicted octanol–water partition coefficient (Wildman–Crippen LogP) is 4.94. The van der Waals surface area contributed by atoms with Crippen LogP contribution in [0.5, 0.6) is 11.5 Å². The summed E-state index contributed by atoms with van der Waals surface area (Å²) >= 11 is 0. The van der Waals surface area contributed by atoms with Crippen LogP contribution in [0.4, 0.5) is 5.69 Å². The molecule has 0 radical (unpaired) electrons. The first kappa shape index (κ1) is 21.4. The summed E-state index contributed by atoms with van der Waals surface area (Å²) in [5, 5.41) is 3.93. The maximum atomic E-state index is 13.8. The van der Waals surface area contributed by atoms with Crippen molar-refractivity contribution in [3.8, 4) is 11.5 Å². The van der Waals surface area contributed by atoms with E-state index in [0.29, 0.717) is 22.7 Å². The van der Waals surface area contributed by atoms with Gasteiger partial charge < -0.3 is 28.8 Å². The monoisotopic (exact) mass is 444 g/mol. The van der Waals surface area contributed by atoms with Gasteiger partial charge in [-0.25, -0.2) is 0 Å². The first-order chi connectivity index (χ1) is 14.9. The number of H-pyrrole nitrogens is 1. The van der Waals surface area contributed by atoms with Gasteiger partial charge in [0.15, 0.2) is 17.3 Å². The number of aromatic nitrogens is 1. The van der Waals surface area contributed by atoms with E-state index in [0.717, 1.165) is 10.9 Å². The Hall–Kier alpha value is -2.80. The Bertz CT molecular complexity index is 1200. The second kappa shape index (κ2) is 8.75. The lowest BCUT2D eigenvalue weighted by Crippen LogP contribution is -2.23. The first-order valence-corrected chi connectivity index (χ1v) is 11.7. The molecule has 4 rings (SSSR count). The average Bonchev–Trinajstić information content (AvgIpc) is 3.18. The Labute approximate surface area is 180 Å². The molecule has 0 aliphatic carbocycles. The highest BCUT2D eigenvalue weighted by molar-refractivity contribution is 7.54. The van der Waals surface area contributed by atoms with Crippen LogP contribution in [0.3, 0.4) is 0 Å². The molecule has 1 unspecified atom stereocenters. The molecule has 0 saturated heterocycles. The summed E-state index contributed by atoms with van der Waals surface area (Å²) in [5.74, 6) is 0.152. The SMILES string of the molecule is CCOP(=O)(OCC)C(Nc1cccc(C)c1)c1cc2cc3c(cc2[nH]c1=O)OCO3. The third kappa shape index (κ3) is 4.32. The molecule has 2 heterocycles. The molecule has 1 aliphatic heterocycles. The largest absolute Gasteiger partial charge is 0.454 e. The van der Waals surface area contributed by atoms with E-state index in [9.17, 15) is 9.36 Å². The number of pyridine rings is 1. The standard InChI is InChI=1S/C22H25N2O6P/c1-4-29-31(26,30-5-2)22(23-16-8-6-7-14(3)9-16)17-10-15-11-19-20(28-13-27-19)12-18(15)24-21(17)25/h6-12,22-23H,4-5,13H2,1-3H3,(H,24,25). The van der Waals surface area contributed by atoms with E-state index in [1.54, 1.807) is 32.0 Å². The molecular formula is C22H25N2O6P. The van der Waals surface area contributed by atoms with Gasteiger partial charge >= 0.3 is 7.60 Å². The summed E-state index contributed by atoms with van der Waals surface area (Å²) in [6, 6.07) is 12.8. The highest BCUT2D eigenvalue weighted by atomic mass is 31.2. The van der Waals surface area contributed by atoms with Gasteiger partial charge in [-0.15, -0.1) is 0 Å². The van der Waals surface area contributed by atoms with Crippen LogP contribution in [0.25, 0.3) is 10.9 Å². The van der Waals surface area contributed by atoms with Crippen molar-refractivity contribution in [2.75, 3.05) is 25.3 Å². The molecule has 0 fully saturated rings. The second-order valence-electron chi connectivity index (χ2n) is 7.14. The summed E-state index contributed by atoms with van der Waals surface area (Å²) in [7, 11) is -3.74. The van der Waals surface area contributed by atoms with Gasteiger partial charge in [-0.3, -0.25) is 9.36 Å². The molecule has 9 heteroatoms. The van der Waals surface area contributed by atoms with Gasteiger partial charge in [-0.05, 0) is 50.6 Å². The molecule has 3 aromatic rings. The number of hydrogen-bond donors (Lipinski definition) is 2. The highest BCUT2D eigenvalue weighted by Gasteiger charge is 2.39. The van der Waals surface area contributed by atoms with E-state index >= 15 is 0 Å². The fourth-order valence-electron chi connectivity index (χ4n) is 3.58. The molecule has 0 amide bonds. The Balaban J connectivity index is 1.86. The van der Waals surface area contributed by atoms with Crippen molar-refractivity contribution in [3.05, 3.63) is 63.9 Å². The van der Waals surface area contributed by atoms with Gasteiger partial charge in [0, 0.05) is 17.1 Å². The summed E-state index contributed by atoms with van der Waals surface area (Å²) < 4.78 is 35.8. The van der Waals surface area contributed by atoms with Crippen LogP contribution in [0.1, 0.15) is 30.8 Å². The summed E-state index contributed by atoms with van der Waals surface area (Å²) in [4.78, 5) is 15.9. The molecule has 2 aromatic carbocycles. The van der Waals surface area contributed by atoms with E-state index in [-0.39, 0.29) is 25.6 Å². The number of ether oxygens (including phenoxy) is 2. The fourth-order valence-corrected chi connectivity index (χ4v) is 5.51. The van der Waals surface area contributed by atoms with E-state index in [1.165, 1.54) is 0 Å². The Morgan fingerprint density at radius 3 is 2.48 bits per heavy atom. The molecule has 1 atom stereocenters. The number of anilines is 1. The third-order valence-corrected chi connectivity index (χ3v) is 7.19. The Kier molecular flexibility index (Phi) is 6.05. The number of hydrogen-bond acceptors (Lipinski definition) is 7. The van der Waals surface area contributed by atoms with Gasteiger partial charge in [0.25, 0.3) is 5.56 Å². The lowest BCUT2D eigenvalue weighted by atomic mass is 10.1. The number of nitrogens with one attached hydrogen (secondary N) is 2. The Morgan fingerprint density at radius 1 is 1.10 bits per heavy atom. The molecule has 0 spiro atoms. The minimum absolute atomic E-state index is 0.129. The smallest absolute Gasteiger partial charge is 0.357 e. The van der Waals surface area contributed by atoms with Crippen molar-refractivity contribution < 1.29 is 23.1 Å².